The third-order valence-electron chi connectivity index (χ3n) is 4.62. The van der Waals surface area contributed by atoms with Crippen molar-refractivity contribution in [1.82, 2.24) is 10.2 Å². The predicted octanol–water partition coefficient (Wildman–Crippen LogP) is 3.31. The van der Waals surface area contributed by atoms with Crippen molar-refractivity contribution in [3.05, 3.63) is 39.9 Å². The zero-order chi connectivity index (χ0) is 17.0. The summed E-state index contributed by atoms with van der Waals surface area (Å²) in [7, 11) is 3.89. The van der Waals surface area contributed by atoms with Crippen molar-refractivity contribution >= 4 is 24.0 Å². The van der Waals surface area contributed by atoms with Gasteiger partial charge < -0.3 is 10.2 Å². The van der Waals surface area contributed by atoms with Crippen LogP contribution in [-0.2, 0) is 4.79 Å². The zero-order valence-corrected chi connectivity index (χ0v) is 15.2. The molecule has 134 valence electrons. The third-order valence-corrected chi connectivity index (χ3v) is 4.62. The quantitative estimate of drug-likeness (QED) is 0.649. The summed E-state index contributed by atoms with van der Waals surface area (Å²) in [6.45, 7) is 1.53. The van der Waals surface area contributed by atoms with Gasteiger partial charge in [0.1, 0.15) is 0 Å². The van der Waals surface area contributed by atoms with Gasteiger partial charge in [0, 0.05) is 30.6 Å². The van der Waals surface area contributed by atoms with Gasteiger partial charge in [-0.15, -0.1) is 12.4 Å². The number of halogens is 1. The van der Waals surface area contributed by atoms with Crippen LogP contribution in [0.15, 0.2) is 24.3 Å². The average molecular weight is 356 g/mol. The van der Waals surface area contributed by atoms with E-state index in [9.17, 15) is 14.9 Å². The van der Waals surface area contributed by atoms with Crippen LogP contribution in [0.1, 0.15) is 44.2 Å². The molecule has 1 N–H and O–H groups in total. The topological polar surface area (TPSA) is 75.5 Å². The summed E-state index contributed by atoms with van der Waals surface area (Å²) in [5.74, 6) is 0.130. The zero-order valence-electron chi connectivity index (χ0n) is 14.4. The molecule has 7 heteroatoms. The van der Waals surface area contributed by atoms with Crippen LogP contribution in [0.25, 0.3) is 0 Å². The Hall–Kier alpha value is -1.66. The number of para-hydroxylation sites is 1. The van der Waals surface area contributed by atoms with Crippen LogP contribution >= 0.6 is 12.4 Å². The fourth-order valence-corrected chi connectivity index (χ4v) is 3.77. The minimum atomic E-state index is -0.317. The van der Waals surface area contributed by atoms with Gasteiger partial charge in [-0.05, 0) is 32.9 Å². The summed E-state index contributed by atoms with van der Waals surface area (Å²) >= 11 is 0. The third kappa shape index (κ3) is 4.68. The highest BCUT2D eigenvalue weighted by molar-refractivity contribution is 5.85. The summed E-state index contributed by atoms with van der Waals surface area (Å²) < 4.78 is 0. The molecule has 0 bridgehead atoms. The molecule has 1 aliphatic carbocycles. The molecule has 1 saturated carbocycles. The molecule has 0 saturated heterocycles. The van der Waals surface area contributed by atoms with Gasteiger partial charge in [-0.3, -0.25) is 14.9 Å². The summed E-state index contributed by atoms with van der Waals surface area (Å²) in [4.78, 5) is 24.7. The van der Waals surface area contributed by atoms with E-state index in [0.29, 0.717) is 0 Å². The monoisotopic (exact) mass is 355 g/mol. The lowest BCUT2D eigenvalue weighted by atomic mass is 9.76. The maximum Gasteiger partial charge on any atom is 0.274 e. The molecule has 0 spiro atoms. The van der Waals surface area contributed by atoms with Gasteiger partial charge in [0.05, 0.1) is 4.92 Å². The maximum absolute atomic E-state index is 11.5. The number of hydrogen-bond acceptors (Lipinski definition) is 4. The first-order valence-electron chi connectivity index (χ1n) is 8.08. The van der Waals surface area contributed by atoms with Gasteiger partial charge in [-0.2, -0.15) is 0 Å². The van der Waals surface area contributed by atoms with E-state index in [4.69, 9.17) is 0 Å². The molecule has 0 aliphatic heterocycles. The lowest BCUT2D eigenvalue weighted by Crippen LogP contribution is -2.46. The average Bonchev–Trinajstić information content (AvgIpc) is 2.48. The maximum atomic E-state index is 11.5. The first-order valence-corrected chi connectivity index (χ1v) is 8.08. The molecule has 0 heterocycles. The summed E-state index contributed by atoms with van der Waals surface area (Å²) in [6, 6.07) is 6.90. The molecule has 24 heavy (non-hydrogen) atoms. The first-order chi connectivity index (χ1) is 10.9. The van der Waals surface area contributed by atoms with E-state index in [1.807, 2.05) is 31.1 Å². The van der Waals surface area contributed by atoms with Crippen LogP contribution in [-0.4, -0.2) is 35.9 Å². The van der Waals surface area contributed by atoms with Gasteiger partial charge in [0.2, 0.25) is 5.91 Å². The summed E-state index contributed by atoms with van der Waals surface area (Å²) in [5.41, 5.74) is 0.878. The second-order valence-corrected chi connectivity index (χ2v) is 6.48. The SMILES string of the molecule is CC(=O)N[C@@H]1CCCC[C@@H]1C(c1ccccc1[N+](=O)[O-])N(C)C.Cl. The standard InChI is InChI=1S/C17H25N3O3.ClH/c1-12(21)18-15-10-6-4-8-13(15)17(19(2)3)14-9-5-7-11-16(14)20(22)23;/h5,7,9,11,13,15,17H,4,6,8,10H2,1-3H3,(H,18,21);1H/t13-,15+,17?;/m0./s1. The molecule has 1 fully saturated rings. The molecule has 1 aliphatic rings. The fourth-order valence-electron chi connectivity index (χ4n) is 3.77. The number of nitro benzene ring substituents is 1. The van der Waals surface area contributed by atoms with Crippen molar-refractivity contribution in [2.45, 2.75) is 44.7 Å². The Morgan fingerprint density at radius 1 is 1.29 bits per heavy atom. The highest BCUT2D eigenvalue weighted by Crippen LogP contribution is 2.40. The molecule has 3 atom stereocenters. The number of carbonyl (C=O) groups is 1. The number of amides is 1. The Labute approximate surface area is 149 Å². The first kappa shape index (κ1) is 20.4. The highest BCUT2D eigenvalue weighted by Gasteiger charge is 2.37. The van der Waals surface area contributed by atoms with Gasteiger partial charge >= 0.3 is 0 Å². The van der Waals surface area contributed by atoms with Crippen LogP contribution in [0.2, 0.25) is 0 Å². The van der Waals surface area contributed by atoms with E-state index in [-0.39, 0.29) is 46.9 Å². The Morgan fingerprint density at radius 2 is 1.92 bits per heavy atom. The highest BCUT2D eigenvalue weighted by atomic mass is 35.5. The number of nitrogens with zero attached hydrogens (tertiary/aromatic N) is 2. The van der Waals surface area contributed by atoms with Gasteiger partial charge in [0.25, 0.3) is 5.69 Å². The molecule has 1 amide bonds. The Morgan fingerprint density at radius 3 is 2.50 bits per heavy atom. The largest absolute Gasteiger partial charge is 0.353 e. The van der Waals surface area contributed by atoms with Crippen LogP contribution < -0.4 is 5.32 Å². The van der Waals surface area contributed by atoms with E-state index in [2.05, 4.69) is 5.32 Å². The Bertz CT molecular complexity index is 580. The number of rotatable bonds is 5. The Balaban J connectivity index is 0.00000288. The number of benzene rings is 1. The van der Waals surface area contributed by atoms with E-state index in [0.717, 1.165) is 31.2 Å². The van der Waals surface area contributed by atoms with E-state index < -0.39 is 0 Å². The fraction of sp³-hybridized carbons (Fsp3) is 0.588. The normalized spacial score (nSPS) is 21.7. The molecule has 1 aromatic carbocycles. The van der Waals surface area contributed by atoms with Crippen molar-refractivity contribution < 1.29 is 9.72 Å². The van der Waals surface area contributed by atoms with E-state index >= 15 is 0 Å². The predicted molar refractivity (Wildman–Crippen MR) is 96.3 cm³/mol. The number of hydrogen-bond donors (Lipinski definition) is 1. The van der Waals surface area contributed by atoms with Crippen molar-refractivity contribution in [2.24, 2.45) is 5.92 Å². The lowest BCUT2D eigenvalue weighted by molar-refractivity contribution is -0.386. The van der Waals surface area contributed by atoms with E-state index in [1.54, 1.807) is 12.1 Å². The number of nitrogens with one attached hydrogen (secondary N) is 1. The summed E-state index contributed by atoms with van der Waals surface area (Å²) in [6.07, 6.45) is 4.05. The molecule has 1 aromatic rings. The smallest absolute Gasteiger partial charge is 0.274 e. The summed E-state index contributed by atoms with van der Waals surface area (Å²) in [5, 5.41) is 14.5. The molecule has 0 radical (unpaired) electrons. The minimum absolute atomic E-state index is 0. The van der Waals surface area contributed by atoms with Crippen LogP contribution in [0.4, 0.5) is 5.69 Å². The second-order valence-electron chi connectivity index (χ2n) is 6.48. The lowest BCUT2D eigenvalue weighted by Gasteiger charge is -2.40. The second kappa shape index (κ2) is 8.99. The minimum Gasteiger partial charge on any atom is -0.353 e. The molecular weight excluding hydrogens is 330 g/mol. The number of carbonyl (C=O) groups excluding carboxylic acids is 1. The van der Waals surface area contributed by atoms with Crippen LogP contribution in [0.3, 0.4) is 0 Å². The van der Waals surface area contributed by atoms with Crippen molar-refractivity contribution in [3.8, 4) is 0 Å². The van der Waals surface area contributed by atoms with E-state index in [1.165, 1.54) is 6.92 Å². The molecule has 1 unspecified atom stereocenters. The molecular formula is C17H26ClN3O3. The Kier molecular flexibility index (Phi) is 7.63. The molecule has 0 aromatic heterocycles. The van der Waals surface area contributed by atoms with Crippen LogP contribution in [0, 0.1) is 16.0 Å². The van der Waals surface area contributed by atoms with Crippen molar-refractivity contribution in [3.63, 3.8) is 0 Å². The van der Waals surface area contributed by atoms with Gasteiger partial charge in [-0.25, -0.2) is 0 Å². The van der Waals surface area contributed by atoms with Gasteiger partial charge in [0.15, 0.2) is 0 Å². The van der Waals surface area contributed by atoms with Gasteiger partial charge in [-0.1, -0.05) is 31.0 Å². The van der Waals surface area contributed by atoms with Crippen molar-refractivity contribution in [2.75, 3.05) is 14.1 Å². The molecule has 2 rings (SSSR count). The van der Waals surface area contributed by atoms with Crippen molar-refractivity contribution in [1.29, 1.82) is 0 Å². The number of nitro groups is 1. The van der Waals surface area contributed by atoms with Crippen LogP contribution in [0.5, 0.6) is 0 Å². The molecule has 6 nitrogen and oxygen atoms in total.